The topological polar surface area (TPSA) is 20.3 Å². The Morgan fingerprint density at radius 2 is 2.00 bits per heavy atom. The molecule has 0 fully saturated rings. The fraction of sp³-hybridized carbons (Fsp3) is 0.833. The molecule has 0 saturated carbocycles. The SMILES string of the molecule is CCC(Cl)N(C)C(=O)C(F)(F)F. The minimum Gasteiger partial charge on any atom is -0.322 e. The summed E-state index contributed by atoms with van der Waals surface area (Å²) >= 11 is 5.42. The van der Waals surface area contributed by atoms with Crippen molar-refractivity contribution in [3.8, 4) is 0 Å². The van der Waals surface area contributed by atoms with E-state index >= 15 is 0 Å². The first kappa shape index (κ1) is 11.6. The number of amides is 1. The molecule has 1 amide bonds. The number of carbonyl (C=O) groups is 1. The molecule has 0 rings (SSSR count). The van der Waals surface area contributed by atoms with E-state index in [0.29, 0.717) is 4.90 Å². The second-order valence-corrected chi connectivity index (χ2v) is 2.76. The molecular weight excluding hydrogens is 195 g/mol. The Hall–Kier alpha value is -0.450. The summed E-state index contributed by atoms with van der Waals surface area (Å²) in [6.45, 7) is 1.60. The highest BCUT2D eigenvalue weighted by molar-refractivity contribution is 6.21. The van der Waals surface area contributed by atoms with Gasteiger partial charge in [0, 0.05) is 7.05 Å². The highest BCUT2D eigenvalue weighted by Gasteiger charge is 2.42. The molecule has 0 aliphatic heterocycles. The molecule has 1 atom stereocenters. The standard InChI is InChI=1S/C6H9ClF3NO/c1-3-4(7)11(2)5(12)6(8,9)10/h4H,3H2,1-2H3. The van der Waals surface area contributed by atoms with E-state index in [4.69, 9.17) is 11.6 Å². The number of halogens is 4. The molecule has 0 radical (unpaired) electrons. The van der Waals surface area contributed by atoms with Crippen LogP contribution in [-0.4, -0.2) is 29.5 Å². The maximum atomic E-state index is 11.7. The zero-order chi connectivity index (χ0) is 9.94. The van der Waals surface area contributed by atoms with Crippen molar-refractivity contribution in [2.75, 3.05) is 7.05 Å². The number of hydrogen-bond donors (Lipinski definition) is 0. The van der Waals surface area contributed by atoms with Crippen molar-refractivity contribution in [2.45, 2.75) is 25.0 Å². The van der Waals surface area contributed by atoms with Crippen LogP contribution in [0.5, 0.6) is 0 Å². The minimum atomic E-state index is -4.84. The summed E-state index contributed by atoms with van der Waals surface area (Å²) in [5.74, 6) is -1.91. The fourth-order valence-electron chi connectivity index (χ4n) is 0.601. The first-order valence-corrected chi connectivity index (χ1v) is 3.72. The normalized spacial score (nSPS) is 14.2. The highest BCUT2D eigenvalue weighted by atomic mass is 35.5. The van der Waals surface area contributed by atoms with E-state index in [1.165, 1.54) is 0 Å². The average molecular weight is 204 g/mol. The smallest absolute Gasteiger partial charge is 0.322 e. The summed E-state index contributed by atoms with van der Waals surface area (Å²) in [4.78, 5) is 11.0. The molecule has 12 heavy (non-hydrogen) atoms. The van der Waals surface area contributed by atoms with Gasteiger partial charge in [0.2, 0.25) is 0 Å². The first-order valence-electron chi connectivity index (χ1n) is 3.28. The fourth-order valence-corrected chi connectivity index (χ4v) is 0.690. The van der Waals surface area contributed by atoms with Crippen molar-refractivity contribution in [1.82, 2.24) is 4.90 Å². The molecule has 72 valence electrons. The van der Waals surface area contributed by atoms with Crippen LogP contribution in [0, 0.1) is 0 Å². The van der Waals surface area contributed by atoms with Crippen LogP contribution in [0.2, 0.25) is 0 Å². The van der Waals surface area contributed by atoms with Gasteiger partial charge in [-0.3, -0.25) is 4.79 Å². The zero-order valence-corrected chi connectivity index (χ0v) is 7.41. The maximum absolute atomic E-state index is 11.7. The van der Waals surface area contributed by atoms with E-state index in [0.717, 1.165) is 7.05 Å². The lowest BCUT2D eigenvalue weighted by Gasteiger charge is -2.22. The van der Waals surface area contributed by atoms with E-state index in [9.17, 15) is 18.0 Å². The summed E-state index contributed by atoms with van der Waals surface area (Å²) < 4.78 is 35.2. The lowest BCUT2D eigenvalue weighted by molar-refractivity contribution is -0.184. The molecule has 0 aromatic rings. The Balaban J connectivity index is 4.30. The van der Waals surface area contributed by atoms with Gasteiger partial charge in [-0.1, -0.05) is 18.5 Å². The number of alkyl halides is 4. The Morgan fingerprint density at radius 1 is 1.58 bits per heavy atom. The molecule has 0 saturated heterocycles. The van der Waals surface area contributed by atoms with E-state index < -0.39 is 17.6 Å². The van der Waals surface area contributed by atoms with Gasteiger partial charge in [0.15, 0.2) is 0 Å². The van der Waals surface area contributed by atoms with Crippen LogP contribution in [0.25, 0.3) is 0 Å². The predicted octanol–water partition coefficient (Wildman–Crippen LogP) is 1.98. The van der Waals surface area contributed by atoms with E-state index in [-0.39, 0.29) is 6.42 Å². The number of hydrogen-bond acceptors (Lipinski definition) is 1. The Morgan fingerprint density at radius 3 is 2.25 bits per heavy atom. The van der Waals surface area contributed by atoms with Crippen molar-refractivity contribution in [2.24, 2.45) is 0 Å². The lowest BCUT2D eigenvalue weighted by atomic mass is 10.4. The molecule has 1 unspecified atom stereocenters. The summed E-state index contributed by atoms with van der Waals surface area (Å²) in [5, 5.41) is 0. The van der Waals surface area contributed by atoms with Crippen molar-refractivity contribution >= 4 is 17.5 Å². The van der Waals surface area contributed by atoms with Gasteiger partial charge in [0.05, 0.1) is 0 Å². The lowest BCUT2D eigenvalue weighted by Crippen LogP contribution is -2.42. The third kappa shape index (κ3) is 2.89. The quantitative estimate of drug-likeness (QED) is 0.497. The molecule has 0 N–H and O–H groups in total. The summed E-state index contributed by atoms with van der Waals surface area (Å²) in [7, 11) is 1.02. The average Bonchev–Trinajstić information content (AvgIpc) is 1.98. The van der Waals surface area contributed by atoms with Crippen LogP contribution < -0.4 is 0 Å². The first-order chi connectivity index (χ1) is 5.30. The second-order valence-electron chi connectivity index (χ2n) is 2.26. The predicted molar refractivity (Wildman–Crippen MR) is 38.8 cm³/mol. The van der Waals surface area contributed by atoms with Crippen LogP contribution >= 0.6 is 11.6 Å². The van der Waals surface area contributed by atoms with Crippen molar-refractivity contribution in [3.63, 3.8) is 0 Å². The van der Waals surface area contributed by atoms with E-state index in [1.807, 2.05) is 0 Å². The van der Waals surface area contributed by atoms with E-state index in [2.05, 4.69) is 0 Å². The van der Waals surface area contributed by atoms with Gasteiger partial charge in [0.25, 0.3) is 0 Å². The van der Waals surface area contributed by atoms with Crippen LogP contribution in [0.15, 0.2) is 0 Å². The number of rotatable bonds is 2. The zero-order valence-electron chi connectivity index (χ0n) is 6.65. The summed E-state index contributed by atoms with van der Waals surface area (Å²) in [6.07, 6.45) is -4.56. The second kappa shape index (κ2) is 3.98. The molecule has 0 aromatic heterocycles. The van der Waals surface area contributed by atoms with Gasteiger partial charge in [-0.15, -0.1) is 0 Å². The molecule has 0 aromatic carbocycles. The Labute approximate surface area is 73.3 Å². The van der Waals surface area contributed by atoms with Crippen LogP contribution in [0.4, 0.5) is 13.2 Å². The van der Waals surface area contributed by atoms with Gasteiger partial charge < -0.3 is 4.90 Å². The maximum Gasteiger partial charge on any atom is 0.471 e. The van der Waals surface area contributed by atoms with Gasteiger partial charge in [-0.2, -0.15) is 13.2 Å². The molecule has 0 aliphatic carbocycles. The van der Waals surface area contributed by atoms with Gasteiger partial charge in [-0.25, -0.2) is 0 Å². The van der Waals surface area contributed by atoms with Gasteiger partial charge in [0.1, 0.15) is 5.50 Å². The number of nitrogens with zero attached hydrogens (tertiary/aromatic N) is 1. The van der Waals surface area contributed by atoms with E-state index in [1.54, 1.807) is 6.92 Å². The van der Waals surface area contributed by atoms with Crippen molar-refractivity contribution in [1.29, 1.82) is 0 Å². The summed E-state index contributed by atoms with van der Waals surface area (Å²) in [6, 6.07) is 0. The van der Waals surface area contributed by atoms with Gasteiger partial charge in [-0.05, 0) is 6.42 Å². The minimum absolute atomic E-state index is 0.278. The molecule has 0 heterocycles. The van der Waals surface area contributed by atoms with Crippen LogP contribution in [-0.2, 0) is 4.79 Å². The van der Waals surface area contributed by atoms with Gasteiger partial charge >= 0.3 is 12.1 Å². The highest BCUT2D eigenvalue weighted by Crippen LogP contribution is 2.20. The molecule has 2 nitrogen and oxygen atoms in total. The Kier molecular flexibility index (Phi) is 3.83. The third-order valence-corrected chi connectivity index (χ3v) is 1.92. The summed E-state index contributed by atoms with van der Waals surface area (Å²) in [5.41, 5.74) is -0.904. The van der Waals surface area contributed by atoms with Crippen LogP contribution in [0.1, 0.15) is 13.3 Å². The Bertz CT molecular complexity index is 171. The van der Waals surface area contributed by atoms with Crippen LogP contribution in [0.3, 0.4) is 0 Å². The van der Waals surface area contributed by atoms with Crippen molar-refractivity contribution in [3.05, 3.63) is 0 Å². The molecule has 0 spiro atoms. The monoisotopic (exact) mass is 203 g/mol. The molecular formula is C6H9ClF3NO. The molecule has 0 aliphatic rings. The largest absolute Gasteiger partial charge is 0.471 e. The van der Waals surface area contributed by atoms with Crippen molar-refractivity contribution < 1.29 is 18.0 Å². The molecule has 0 bridgehead atoms. The number of carbonyl (C=O) groups excluding carboxylic acids is 1. The molecule has 6 heteroatoms. The third-order valence-electron chi connectivity index (χ3n) is 1.32.